The first-order chi connectivity index (χ1) is 16.6. The van der Waals surface area contributed by atoms with Gasteiger partial charge in [-0.2, -0.15) is 26.3 Å². The highest BCUT2D eigenvalue weighted by Crippen LogP contribution is 2.41. The van der Waals surface area contributed by atoms with E-state index >= 15 is 0 Å². The van der Waals surface area contributed by atoms with Crippen LogP contribution in [0.15, 0.2) is 24.4 Å². The van der Waals surface area contributed by atoms with Crippen LogP contribution in [0.3, 0.4) is 0 Å². The van der Waals surface area contributed by atoms with Crippen molar-refractivity contribution in [3.8, 4) is 5.88 Å². The molecular formula is C20H17F8N5O3. The van der Waals surface area contributed by atoms with Gasteiger partial charge in [0.2, 0.25) is 5.91 Å². The number of rotatable bonds is 5. The number of halogens is 8. The second kappa shape index (κ2) is 9.39. The molecule has 1 fully saturated rings. The van der Waals surface area contributed by atoms with Crippen molar-refractivity contribution in [1.29, 1.82) is 0 Å². The van der Waals surface area contributed by atoms with Crippen LogP contribution in [0.4, 0.5) is 39.9 Å². The maximum absolute atomic E-state index is 14.7. The number of nitrogens with one attached hydrogen (secondary N) is 1. The van der Waals surface area contributed by atoms with Gasteiger partial charge < -0.3 is 20.7 Å². The SMILES string of the molecule is CC1([C@H](c2cnc(OCC(F)(F)F)c(F)c2)c2ccc(F)c(C(F)(F)F)n2)C(=O)NCCN1C(N)=O. The van der Waals surface area contributed by atoms with Crippen LogP contribution in [0.2, 0.25) is 0 Å². The number of carbonyl (C=O) groups is 2. The van der Waals surface area contributed by atoms with E-state index in [1.807, 2.05) is 0 Å². The third-order valence-corrected chi connectivity index (χ3v) is 5.44. The second-order valence-electron chi connectivity index (χ2n) is 7.85. The summed E-state index contributed by atoms with van der Waals surface area (Å²) in [5.74, 6) is -6.93. The maximum Gasteiger partial charge on any atom is 0.436 e. The Morgan fingerprint density at radius 2 is 1.89 bits per heavy atom. The molecule has 0 aromatic carbocycles. The molecule has 1 aliphatic heterocycles. The average Bonchev–Trinajstić information content (AvgIpc) is 2.74. The molecule has 0 spiro atoms. The molecule has 196 valence electrons. The molecule has 8 nitrogen and oxygen atoms in total. The highest BCUT2D eigenvalue weighted by atomic mass is 19.4. The summed E-state index contributed by atoms with van der Waals surface area (Å²) in [5, 5.41) is 2.42. The number of urea groups is 1. The smallest absolute Gasteiger partial charge is 0.436 e. The molecule has 1 unspecified atom stereocenters. The number of hydrogen-bond acceptors (Lipinski definition) is 5. The van der Waals surface area contributed by atoms with Gasteiger partial charge in [-0.3, -0.25) is 4.79 Å². The van der Waals surface area contributed by atoms with E-state index in [9.17, 15) is 44.7 Å². The van der Waals surface area contributed by atoms with Gasteiger partial charge in [0.05, 0.1) is 11.6 Å². The predicted octanol–water partition coefficient (Wildman–Crippen LogP) is 3.12. The normalized spacial score (nSPS) is 19.6. The van der Waals surface area contributed by atoms with Gasteiger partial charge in [-0.25, -0.2) is 23.5 Å². The molecule has 36 heavy (non-hydrogen) atoms. The molecule has 3 rings (SSSR count). The van der Waals surface area contributed by atoms with Crippen molar-refractivity contribution in [3.63, 3.8) is 0 Å². The molecule has 0 bridgehead atoms. The first-order valence-corrected chi connectivity index (χ1v) is 9.99. The summed E-state index contributed by atoms with van der Waals surface area (Å²) < 4.78 is 110. The minimum atomic E-state index is -5.26. The van der Waals surface area contributed by atoms with E-state index in [0.29, 0.717) is 12.1 Å². The summed E-state index contributed by atoms with van der Waals surface area (Å²) in [6.45, 7) is -1.05. The second-order valence-corrected chi connectivity index (χ2v) is 7.85. The quantitative estimate of drug-likeness (QED) is 0.581. The fourth-order valence-electron chi connectivity index (χ4n) is 3.90. The fourth-order valence-corrected chi connectivity index (χ4v) is 3.90. The molecule has 3 N–H and O–H groups in total. The number of amides is 3. The van der Waals surface area contributed by atoms with Crippen molar-refractivity contribution < 1.29 is 49.4 Å². The Morgan fingerprint density at radius 1 is 1.22 bits per heavy atom. The molecule has 0 aliphatic carbocycles. The first-order valence-electron chi connectivity index (χ1n) is 9.99. The Kier molecular flexibility index (Phi) is 7.01. The molecule has 2 atom stereocenters. The largest absolute Gasteiger partial charge is 0.466 e. The van der Waals surface area contributed by atoms with E-state index in [1.54, 1.807) is 0 Å². The number of nitrogens with two attached hydrogens (primary N) is 1. The highest BCUT2D eigenvalue weighted by Gasteiger charge is 2.52. The third kappa shape index (κ3) is 5.26. The number of alkyl halides is 6. The zero-order chi connectivity index (χ0) is 27.1. The monoisotopic (exact) mass is 527 g/mol. The number of pyridine rings is 2. The molecule has 1 aliphatic rings. The van der Waals surface area contributed by atoms with Crippen molar-refractivity contribution in [3.05, 3.63) is 53.0 Å². The van der Waals surface area contributed by atoms with Crippen LogP contribution in [0.25, 0.3) is 0 Å². The Balaban J connectivity index is 2.22. The van der Waals surface area contributed by atoms with Gasteiger partial charge >= 0.3 is 18.4 Å². The zero-order valence-electron chi connectivity index (χ0n) is 18.2. The summed E-state index contributed by atoms with van der Waals surface area (Å²) in [6, 6.07) is 0.609. The number of hydrogen-bond donors (Lipinski definition) is 2. The van der Waals surface area contributed by atoms with Gasteiger partial charge in [-0.1, -0.05) is 0 Å². The number of aromatic nitrogens is 2. The highest BCUT2D eigenvalue weighted by molar-refractivity contribution is 5.93. The van der Waals surface area contributed by atoms with Crippen LogP contribution in [-0.2, 0) is 11.0 Å². The molecule has 3 amide bonds. The lowest BCUT2D eigenvalue weighted by Gasteiger charge is -2.47. The van der Waals surface area contributed by atoms with Crippen LogP contribution in [0.1, 0.15) is 29.8 Å². The summed E-state index contributed by atoms with van der Waals surface area (Å²) in [4.78, 5) is 32.7. The molecule has 2 aromatic heterocycles. The lowest BCUT2D eigenvalue weighted by Crippen LogP contribution is -2.68. The average molecular weight is 527 g/mol. The molecule has 3 heterocycles. The van der Waals surface area contributed by atoms with E-state index < -0.39 is 71.3 Å². The van der Waals surface area contributed by atoms with Gasteiger partial charge in [-0.15, -0.1) is 0 Å². The van der Waals surface area contributed by atoms with Crippen molar-refractivity contribution in [2.24, 2.45) is 5.73 Å². The van der Waals surface area contributed by atoms with Gasteiger partial charge in [0.25, 0.3) is 5.88 Å². The lowest BCUT2D eigenvalue weighted by molar-refractivity contribution is -0.154. The Bertz CT molecular complexity index is 1170. The lowest BCUT2D eigenvalue weighted by atomic mass is 9.75. The molecule has 2 aromatic rings. The van der Waals surface area contributed by atoms with E-state index in [4.69, 9.17) is 5.73 Å². The van der Waals surface area contributed by atoms with Crippen molar-refractivity contribution in [2.45, 2.75) is 30.7 Å². The number of ether oxygens (including phenoxy) is 1. The molecular weight excluding hydrogens is 510 g/mol. The number of primary amides is 1. The zero-order valence-corrected chi connectivity index (χ0v) is 18.2. The van der Waals surface area contributed by atoms with Crippen molar-refractivity contribution >= 4 is 11.9 Å². The third-order valence-electron chi connectivity index (χ3n) is 5.44. The summed E-state index contributed by atoms with van der Waals surface area (Å²) in [6.07, 6.45) is -9.34. The Hall–Kier alpha value is -3.72. The fraction of sp³-hybridized carbons (Fsp3) is 0.400. The minimum absolute atomic E-state index is 0.0778. The topological polar surface area (TPSA) is 110 Å². The molecule has 0 saturated carbocycles. The maximum atomic E-state index is 14.7. The van der Waals surface area contributed by atoms with Gasteiger partial charge in [0.15, 0.2) is 23.9 Å². The first kappa shape index (κ1) is 26.9. The van der Waals surface area contributed by atoms with E-state index in [-0.39, 0.29) is 18.7 Å². The Labute approximate surface area is 197 Å². The van der Waals surface area contributed by atoms with E-state index in [1.165, 1.54) is 0 Å². The predicted molar refractivity (Wildman–Crippen MR) is 104 cm³/mol. The number of carbonyl (C=O) groups excluding carboxylic acids is 2. The number of piperazine rings is 1. The Morgan fingerprint density at radius 3 is 2.44 bits per heavy atom. The standard InChI is InChI=1S/C20H17F8N5O3/c1-18(16(34)30-4-5-33(18)17(29)35)13(12-3-2-10(21)14(32-12)20(26,27)28)9-6-11(22)15(31-7-9)36-8-19(23,24)25/h2-3,6-7,13H,4-5,8H2,1H3,(H2,29,35)(H,30,34)/t13-,18?/m1/s1. The summed E-state index contributed by atoms with van der Waals surface area (Å²) in [7, 11) is 0. The van der Waals surface area contributed by atoms with Crippen LogP contribution < -0.4 is 15.8 Å². The minimum Gasteiger partial charge on any atom is -0.466 e. The summed E-state index contributed by atoms with van der Waals surface area (Å²) in [5.41, 5.74) is 0.289. The molecule has 16 heteroatoms. The van der Waals surface area contributed by atoms with E-state index in [2.05, 4.69) is 20.0 Å². The van der Waals surface area contributed by atoms with Crippen LogP contribution in [0, 0.1) is 11.6 Å². The molecule has 0 radical (unpaired) electrons. The molecule has 1 saturated heterocycles. The van der Waals surface area contributed by atoms with Crippen molar-refractivity contribution in [2.75, 3.05) is 19.7 Å². The van der Waals surface area contributed by atoms with Gasteiger partial charge in [0.1, 0.15) is 5.54 Å². The number of nitrogens with zero attached hydrogens (tertiary/aromatic N) is 3. The van der Waals surface area contributed by atoms with E-state index in [0.717, 1.165) is 24.1 Å². The van der Waals surface area contributed by atoms with Crippen LogP contribution >= 0.6 is 0 Å². The van der Waals surface area contributed by atoms with Crippen LogP contribution in [-0.4, -0.2) is 58.2 Å². The summed E-state index contributed by atoms with van der Waals surface area (Å²) >= 11 is 0. The van der Waals surface area contributed by atoms with Gasteiger partial charge in [-0.05, 0) is 30.7 Å². The van der Waals surface area contributed by atoms with Gasteiger partial charge in [0, 0.05) is 19.3 Å². The van der Waals surface area contributed by atoms with Crippen molar-refractivity contribution in [1.82, 2.24) is 20.2 Å². The van der Waals surface area contributed by atoms with Crippen LogP contribution in [0.5, 0.6) is 5.88 Å².